The summed E-state index contributed by atoms with van der Waals surface area (Å²) in [5, 5.41) is 8.63. The Hall–Kier alpha value is -2.05. The van der Waals surface area contributed by atoms with Crippen molar-refractivity contribution in [3.63, 3.8) is 0 Å². The molecule has 2 rings (SSSR count). The van der Waals surface area contributed by atoms with Crippen LogP contribution in [0.15, 0.2) is 18.2 Å². The number of carboxylic acids is 1. The number of nitrogens with one attached hydrogen (secondary N) is 1. The first-order valence-electron chi connectivity index (χ1n) is 5.38. The van der Waals surface area contributed by atoms with Crippen LogP contribution in [0.2, 0.25) is 0 Å². The summed E-state index contributed by atoms with van der Waals surface area (Å²) in [6, 6.07) is 3.21. The molecule has 1 aromatic carbocycles. The molecule has 0 amide bonds. The van der Waals surface area contributed by atoms with Crippen LogP contribution >= 0.6 is 0 Å². The summed E-state index contributed by atoms with van der Waals surface area (Å²) in [5.74, 6) is -1.88. The number of H-pyrrole nitrogens is 1. The molecular formula is C12H9F4NO2. The first-order chi connectivity index (χ1) is 8.79. The minimum atomic E-state index is -4.64. The monoisotopic (exact) mass is 275 g/mol. The van der Waals surface area contributed by atoms with Gasteiger partial charge in [-0.3, -0.25) is 4.79 Å². The fraction of sp³-hybridized carbons (Fsp3) is 0.250. The summed E-state index contributed by atoms with van der Waals surface area (Å²) in [5.41, 5.74) is -1.10. The molecule has 3 nitrogen and oxygen atoms in total. The van der Waals surface area contributed by atoms with E-state index in [0.29, 0.717) is 0 Å². The van der Waals surface area contributed by atoms with Crippen molar-refractivity contribution in [2.24, 2.45) is 0 Å². The Labute approximate surface area is 104 Å². The molecule has 0 radical (unpaired) electrons. The molecule has 0 fully saturated rings. The lowest BCUT2D eigenvalue weighted by atomic mass is 10.1. The van der Waals surface area contributed by atoms with Crippen molar-refractivity contribution in [3.05, 3.63) is 35.3 Å². The van der Waals surface area contributed by atoms with E-state index in [-0.39, 0.29) is 22.9 Å². The fourth-order valence-corrected chi connectivity index (χ4v) is 1.95. The third-order valence-electron chi connectivity index (χ3n) is 2.74. The molecule has 1 aromatic heterocycles. The Morgan fingerprint density at radius 3 is 2.58 bits per heavy atom. The van der Waals surface area contributed by atoms with E-state index in [1.807, 2.05) is 0 Å². The van der Waals surface area contributed by atoms with Crippen LogP contribution in [0.5, 0.6) is 0 Å². The average Bonchev–Trinajstić information content (AvgIpc) is 2.64. The zero-order valence-electron chi connectivity index (χ0n) is 9.51. The summed E-state index contributed by atoms with van der Waals surface area (Å²) < 4.78 is 51.6. The number of alkyl halides is 3. The maximum Gasteiger partial charge on any atom is 0.431 e. The van der Waals surface area contributed by atoms with Gasteiger partial charge in [0, 0.05) is 17.3 Å². The second-order valence-corrected chi connectivity index (χ2v) is 4.06. The molecule has 0 saturated carbocycles. The largest absolute Gasteiger partial charge is 0.481 e. The highest BCUT2D eigenvalue weighted by Gasteiger charge is 2.36. The first kappa shape index (κ1) is 13.4. The minimum Gasteiger partial charge on any atom is -0.481 e. The zero-order chi connectivity index (χ0) is 14.2. The van der Waals surface area contributed by atoms with Gasteiger partial charge in [0.25, 0.3) is 0 Å². The Morgan fingerprint density at radius 2 is 2.00 bits per heavy atom. The van der Waals surface area contributed by atoms with Crippen molar-refractivity contribution in [2.45, 2.75) is 19.0 Å². The standard InChI is InChI=1S/C12H9F4NO2/c13-6-1-3-9-8(5-6)7(2-4-10(18)19)11(17-9)12(14,15)16/h1,3,5,17H,2,4H2,(H,18,19). The van der Waals surface area contributed by atoms with Gasteiger partial charge in [-0.2, -0.15) is 13.2 Å². The number of aryl methyl sites for hydroxylation is 1. The zero-order valence-corrected chi connectivity index (χ0v) is 9.51. The molecule has 19 heavy (non-hydrogen) atoms. The number of benzene rings is 1. The summed E-state index contributed by atoms with van der Waals surface area (Å²) >= 11 is 0. The van der Waals surface area contributed by atoms with Crippen molar-refractivity contribution in [3.8, 4) is 0 Å². The van der Waals surface area contributed by atoms with Crippen molar-refractivity contribution in [2.75, 3.05) is 0 Å². The Bertz CT molecular complexity index is 630. The second-order valence-electron chi connectivity index (χ2n) is 4.06. The van der Waals surface area contributed by atoms with Crippen LogP contribution in [0.25, 0.3) is 10.9 Å². The third kappa shape index (κ3) is 2.69. The fourth-order valence-electron chi connectivity index (χ4n) is 1.95. The van der Waals surface area contributed by atoms with Crippen LogP contribution in [0.4, 0.5) is 17.6 Å². The van der Waals surface area contributed by atoms with Gasteiger partial charge in [-0.15, -0.1) is 0 Å². The number of aromatic amines is 1. The molecule has 0 atom stereocenters. The van der Waals surface area contributed by atoms with E-state index in [0.717, 1.165) is 12.1 Å². The van der Waals surface area contributed by atoms with Crippen molar-refractivity contribution < 1.29 is 27.5 Å². The number of hydrogen-bond acceptors (Lipinski definition) is 1. The number of carbonyl (C=O) groups is 1. The van der Waals surface area contributed by atoms with E-state index in [4.69, 9.17) is 5.11 Å². The highest BCUT2D eigenvalue weighted by Crippen LogP contribution is 2.36. The lowest BCUT2D eigenvalue weighted by molar-refractivity contribution is -0.142. The summed E-state index contributed by atoms with van der Waals surface area (Å²) in [7, 11) is 0. The van der Waals surface area contributed by atoms with Crippen LogP contribution in [0.1, 0.15) is 17.7 Å². The highest BCUT2D eigenvalue weighted by molar-refractivity contribution is 5.85. The van der Waals surface area contributed by atoms with E-state index in [1.54, 1.807) is 0 Å². The lowest BCUT2D eigenvalue weighted by Crippen LogP contribution is -2.10. The van der Waals surface area contributed by atoms with Crippen LogP contribution in [-0.2, 0) is 17.4 Å². The minimum absolute atomic E-state index is 0.0635. The number of carboxylic acid groups (broad SMARTS) is 1. The molecule has 0 aliphatic rings. The van der Waals surface area contributed by atoms with Gasteiger partial charge in [0.2, 0.25) is 0 Å². The molecule has 0 aliphatic heterocycles. The molecule has 0 bridgehead atoms. The molecule has 0 aliphatic carbocycles. The highest BCUT2D eigenvalue weighted by atomic mass is 19.4. The molecule has 0 unspecified atom stereocenters. The second kappa shape index (κ2) is 4.56. The maximum atomic E-state index is 13.1. The van der Waals surface area contributed by atoms with Gasteiger partial charge < -0.3 is 10.1 Å². The van der Waals surface area contributed by atoms with Crippen molar-refractivity contribution in [1.82, 2.24) is 4.98 Å². The lowest BCUT2D eigenvalue weighted by Gasteiger charge is -2.07. The molecule has 2 N–H and O–H groups in total. The Kier molecular flexibility index (Phi) is 3.21. The van der Waals surface area contributed by atoms with Gasteiger partial charge >= 0.3 is 12.1 Å². The van der Waals surface area contributed by atoms with Gasteiger partial charge in [0.05, 0.1) is 0 Å². The number of aliphatic carboxylic acids is 1. The van der Waals surface area contributed by atoms with Crippen LogP contribution in [0.3, 0.4) is 0 Å². The molecule has 1 heterocycles. The van der Waals surface area contributed by atoms with Crippen LogP contribution < -0.4 is 0 Å². The van der Waals surface area contributed by atoms with E-state index >= 15 is 0 Å². The maximum absolute atomic E-state index is 13.1. The average molecular weight is 275 g/mol. The number of halogens is 4. The van der Waals surface area contributed by atoms with E-state index in [2.05, 4.69) is 4.98 Å². The van der Waals surface area contributed by atoms with Crippen LogP contribution in [-0.4, -0.2) is 16.1 Å². The van der Waals surface area contributed by atoms with Gasteiger partial charge in [-0.05, 0) is 30.2 Å². The van der Waals surface area contributed by atoms with E-state index < -0.39 is 30.1 Å². The quantitative estimate of drug-likeness (QED) is 0.844. The number of aromatic nitrogens is 1. The summed E-state index contributed by atoms with van der Waals surface area (Å²) in [6.07, 6.45) is -5.40. The van der Waals surface area contributed by atoms with E-state index in [1.165, 1.54) is 6.07 Å². The molecule has 0 saturated heterocycles. The number of hydrogen-bond donors (Lipinski definition) is 2. The summed E-state index contributed by atoms with van der Waals surface area (Å²) in [6.45, 7) is 0. The Morgan fingerprint density at radius 1 is 1.32 bits per heavy atom. The van der Waals surface area contributed by atoms with E-state index in [9.17, 15) is 22.4 Å². The third-order valence-corrected chi connectivity index (χ3v) is 2.74. The molecule has 2 aromatic rings. The first-order valence-corrected chi connectivity index (χ1v) is 5.38. The predicted octanol–water partition coefficient (Wildman–Crippen LogP) is 3.34. The Balaban J connectivity index is 2.59. The van der Waals surface area contributed by atoms with Crippen molar-refractivity contribution in [1.29, 1.82) is 0 Å². The number of rotatable bonds is 3. The smallest absolute Gasteiger partial charge is 0.431 e. The number of fused-ring (bicyclic) bond motifs is 1. The van der Waals surface area contributed by atoms with Crippen molar-refractivity contribution >= 4 is 16.9 Å². The van der Waals surface area contributed by atoms with Gasteiger partial charge in [0.1, 0.15) is 11.5 Å². The van der Waals surface area contributed by atoms with Gasteiger partial charge in [-0.25, -0.2) is 4.39 Å². The molecule has 7 heteroatoms. The van der Waals surface area contributed by atoms with Gasteiger partial charge in [-0.1, -0.05) is 0 Å². The topological polar surface area (TPSA) is 53.1 Å². The summed E-state index contributed by atoms with van der Waals surface area (Å²) in [4.78, 5) is 12.7. The molecular weight excluding hydrogens is 266 g/mol. The normalized spacial score (nSPS) is 12.0. The molecule has 0 spiro atoms. The predicted molar refractivity (Wildman–Crippen MR) is 59.2 cm³/mol. The van der Waals surface area contributed by atoms with Crippen LogP contribution in [0, 0.1) is 5.82 Å². The molecule has 102 valence electrons. The van der Waals surface area contributed by atoms with Gasteiger partial charge in [0.15, 0.2) is 0 Å². The SMILES string of the molecule is O=C(O)CCc1c(C(F)(F)F)[nH]c2ccc(F)cc12.